The summed E-state index contributed by atoms with van der Waals surface area (Å²) >= 11 is 0. The molecule has 0 unspecified atom stereocenters. The standard InChI is InChI=1S/C24H19F/c1-16-3-5-22-15-21(11-10-20(22)13-16)18-6-8-19(9-7-18)23-12-4-17(2)14-24(23)25/h3-15H,1-2H3. The second-order valence-corrected chi connectivity index (χ2v) is 6.63. The first kappa shape index (κ1) is 15.6. The van der Waals surface area contributed by atoms with Gasteiger partial charge in [-0.15, -0.1) is 0 Å². The van der Waals surface area contributed by atoms with Gasteiger partial charge in [0, 0.05) is 5.56 Å². The summed E-state index contributed by atoms with van der Waals surface area (Å²) < 4.78 is 14.2. The van der Waals surface area contributed by atoms with Crippen molar-refractivity contribution in [3.8, 4) is 22.3 Å². The van der Waals surface area contributed by atoms with Gasteiger partial charge in [0.15, 0.2) is 0 Å². The van der Waals surface area contributed by atoms with Gasteiger partial charge in [-0.1, -0.05) is 72.3 Å². The van der Waals surface area contributed by atoms with Crippen LogP contribution in [0.2, 0.25) is 0 Å². The third kappa shape index (κ3) is 3.06. The predicted molar refractivity (Wildman–Crippen MR) is 104 cm³/mol. The molecular formula is C24H19F. The molecule has 0 bridgehead atoms. The average molecular weight is 326 g/mol. The van der Waals surface area contributed by atoms with Crippen molar-refractivity contribution < 1.29 is 4.39 Å². The number of benzene rings is 4. The Morgan fingerprint density at radius 3 is 1.84 bits per heavy atom. The van der Waals surface area contributed by atoms with Crippen LogP contribution in [0.1, 0.15) is 11.1 Å². The minimum absolute atomic E-state index is 0.172. The van der Waals surface area contributed by atoms with Gasteiger partial charge in [-0.25, -0.2) is 4.39 Å². The van der Waals surface area contributed by atoms with Gasteiger partial charge in [-0.3, -0.25) is 0 Å². The number of hydrogen-bond donors (Lipinski definition) is 0. The Hall–Kier alpha value is -2.93. The van der Waals surface area contributed by atoms with Gasteiger partial charge >= 0.3 is 0 Å². The van der Waals surface area contributed by atoms with Gasteiger partial charge < -0.3 is 0 Å². The van der Waals surface area contributed by atoms with Crippen LogP contribution in [0.3, 0.4) is 0 Å². The van der Waals surface area contributed by atoms with Crippen LogP contribution in [0.5, 0.6) is 0 Å². The van der Waals surface area contributed by atoms with Crippen LogP contribution < -0.4 is 0 Å². The number of rotatable bonds is 2. The minimum atomic E-state index is -0.172. The van der Waals surface area contributed by atoms with Gasteiger partial charge in [0.2, 0.25) is 0 Å². The molecule has 0 amide bonds. The lowest BCUT2D eigenvalue weighted by Gasteiger charge is -2.08. The highest BCUT2D eigenvalue weighted by Gasteiger charge is 2.06. The molecule has 0 aliphatic rings. The Bertz CT molecular complexity index is 1060. The fourth-order valence-corrected chi connectivity index (χ4v) is 3.24. The summed E-state index contributed by atoms with van der Waals surface area (Å²) in [6, 6.07) is 26.5. The first-order valence-corrected chi connectivity index (χ1v) is 8.47. The van der Waals surface area contributed by atoms with Gasteiger partial charge in [-0.2, -0.15) is 0 Å². The lowest BCUT2D eigenvalue weighted by Crippen LogP contribution is -1.86. The molecule has 0 atom stereocenters. The van der Waals surface area contributed by atoms with Gasteiger partial charge in [0.1, 0.15) is 5.82 Å². The topological polar surface area (TPSA) is 0 Å². The number of hydrogen-bond acceptors (Lipinski definition) is 0. The van der Waals surface area contributed by atoms with Crippen LogP contribution in [0.15, 0.2) is 78.9 Å². The fraction of sp³-hybridized carbons (Fsp3) is 0.0833. The molecule has 0 fully saturated rings. The zero-order chi connectivity index (χ0) is 17.4. The van der Waals surface area contributed by atoms with Gasteiger partial charge in [0.05, 0.1) is 0 Å². The number of halogens is 1. The maximum atomic E-state index is 14.2. The van der Waals surface area contributed by atoms with E-state index >= 15 is 0 Å². The molecule has 4 rings (SSSR count). The molecule has 0 aromatic heterocycles. The normalized spacial score (nSPS) is 11.0. The zero-order valence-electron chi connectivity index (χ0n) is 14.4. The summed E-state index contributed by atoms with van der Waals surface area (Å²) in [6.07, 6.45) is 0. The van der Waals surface area contributed by atoms with E-state index in [9.17, 15) is 4.39 Å². The zero-order valence-corrected chi connectivity index (χ0v) is 14.4. The first-order chi connectivity index (χ1) is 12.1. The lowest BCUT2D eigenvalue weighted by atomic mass is 9.97. The van der Waals surface area contributed by atoms with Gasteiger partial charge in [0.25, 0.3) is 0 Å². The van der Waals surface area contributed by atoms with Crippen LogP contribution in [0.4, 0.5) is 4.39 Å². The van der Waals surface area contributed by atoms with E-state index in [1.807, 2.05) is 31.2 Å². The summed E-state index contributed by atoms with van der Waals surface area (Å²) in [5.41, 5.74) is 6.06. The molecule has 0 saturated carbocycles. The van der Waals surface area contributed by atoms with E-state index < -0.39 is 0 Å². The first-order valence-electron chi connectivity index (χ1n) is 8.47. The Kier molecular flexibility index (Phi) is 3.85. The van der Waals surface area contributed by atoms with E-state index in [0.717, 1.165) is 16.7 Å². The molecular weight excluding hydrogens is 307 g/mol. The summed E-state index contributed by atoms with van der Waals surface area (Å²) in [6.45, 7) is 4.01. The van der Waals surface area contributed by atoms with Crippen molar-refractivity contribution in [2.24, 2.45) is 0 Å². The predicted octanol–water partition coefficient (Wildman–Crippen LogP) is 6.93. The molecule has 0 N–H and O–H groups in total. The summed E-state index contributed by atoms with van der Waals surface area (Å²) in [5.74, 6) is -0.172. The van der Waals surface area contributed by atoms with Crippen LogP contribution in [-0.2, 0) is 0 Å². The highest BCUT2D eigenvalue weighted by molar-refractivity contribution is 5.88. The van der Waals surface area contributed by atoms with Crippen molar-refractivity contribution in [1.29, 1.82) is 0 Å². The average Bonchev–Trinajstić information content (AvgIpc) is 2.61. The van der Waals surface area contributed by atoms with Crippen molar-refractivity contribution in [3.63, 3.8) is 0 Å². The van der Waals surface area contributed by atoms with Crippen molar-refractivity contribution >= 4 is 10.8 Å². The van der Waals surface area contributed by atoms with E-state index in [4.69, 9.17) is 0 Å². The van der Waals surface area contributed by atoms with Crippen molar-refractivity contribution in [3.05, 3.63) is 95.8 Å². The minimum Gasteiger partial charge on any atom is -0.206 e. The molecule has 0 saturated heterocycles. The number of fused-ring (bicyclic) bond motifs is 1. The molecule has 0 heterocycles. The third-order valence-corrected chi connectivity index (χ3v) is 4.65. The monoisotopic (exact) mass is 326 g/mol. The largest absolute Gasteiger partial charge is 0.206 e. The molecule has 1 heteroatoms. The van der Waals surface area contributed by atoms with Crippen LogP contribution >= 0.6 is 0 Å². The quantitative estimate of drug-likeness (QED) is 0.374. The molecule has 0 spiro atoms. The van der Waals surface area contributed by atoms with Crippen molar-refractivity contribution in [1.82, 2.24) is 0 Å². The Morgan fingerprint density at radius 2 is 1.08 bits per heavy atom. The molecule has 25 heavy (non-hydrogen) atoms. The Morgan fingerprint density at radius 1 is 0.520 bits per heavy atom. The summed E-state index contributed by atoms with van der Waals surface area (Å²) in [5, 5.41) is 2.49. The Balaban J connectivity index is 1.71. The fourth-order valence-electron chi connectivity index (χ4n) is 3.24. The van der Waals surface area contributed by atoms with E-state index in [0.29, 0.717) is 5.56 Å². The highest BCUT2D eigenvalue weighted by Crippen LogP contribution is 2.29. The molecule has 0 aliphatic carbocycles. The van der Waals surface area contributed by atoms with Crippen LogP contribution in [-0.4, -0.2) is 0 Å². The second-order valence-electron chi connectivity index (χ2n) is 6.63. The van der Waals surface area contributed by atoms with E-state index in [1.165, 1.54) is 21.9 Å². The maximum absolute atomic E-state index is 14.2. The maximum Gasteiger partial charge on any atom is 0.131 e. The number of aryl methyl sites for hydroxylation is 2. The molecule has 122 valence electrons. The van der Waals surface area contributed by atoms with Crippen molar-refractivity contribution in [2.45, 2.75) is 13.8 Å². The SMILES string of the molecule is Cc1ccc(-c2ccc(-c3ccc4cc(C)ccc4c3)cc2)c(F)c1. The summed E-state index contributed by atoms with van der Waals surface area (Å²) in [4.78, 5) is 0. The molecule has 0 radical (unpaired) electrons. The van der Waals surface area contributed by atoms with E-state index in [2.05, 4.69) is 55.5 Å². The molecule has 0 nitrogen and oxygen atoms in total. The van der Waals surface area contributed by atoms with E-state index in [-0.39, 0.29) is 5.82 Å². The lowest BCUT2D eigenvalue weighted by molar-refractivity contribution is 0.630. The summed E-state index contributed by atoms with van der Waals surface area (Å²) in [7, 11) is 0. The van der Waals surface area contributed by atoms with Gasteiger partial charge in [-0.05, 0) is 59.0 Å². The second kappa shape index (κ2) is 6.18. The molecule has 4 aromatic rings. The smallest absolute Gasteiger partial charge is 0.131 e. The van der Waals surface area contributed by atoms with Crippen LogP contribution in [0.25, 0.3) is 33.0 Å². The third-order valence-electron chi connectivity index (χ3n) is 4.65. The Labute approximate surface area is 147 Å². The van der Waals surface area contributed by atoms with Crippen molar-refractivity contribution in [2.75, 3.05) is 0 Å². The highest BCUT2D eigenvalue weighted by atomic mass is 19.1. The molecule has 0 aliphatic heterocycles. The van der Waals surface area contributed by atoms with Crippen LogP contribution in [0, 0.1) is 19.7 Å². The molecule has 4 aromatic carbocycles. The van der Waals surface area contributed by atoms with E-state index in [1.54, 1.807) is 6.07 Å².